The SMILES string of the molecule is Cc1ccoc1C(=O)N1CC2(C[C@@H](Oc3cccnc3)CS2)C1. The van der Waals surface area contributed by atoms with Crippen LogP contribution in [0.4, 0.5) is 0 Å². The summed E-state index contributed by atoms with van der Waals surface area (Å²) >= 11 is 1.91. The quantitative estimate of drug-likeness (QED) is 0.866. The number of amides is 1. The van der Waals surface area contributed by atoms with Crippen LogP contribution < -0.4 is 4.74 Å². The Morgan fingerprint density at radius 2 is 2.35 bits per heavy atom. The third-order valence-electron chi connectivity index (χ3n) is 4.41. The maximum absolute atomic E-state index is 12.4. The molecule has 0 aliphatic carbocycles. The Hall–Kier alpha value is -1.95. The van der Waals surface area contributed by atoms with Gasteiger partial charge in [-0.05, 0) is 25.1 Å². The second-order valence-corrected chi connectivity index (χ2v) is 7.71. The van der Waals surface area contributed by atoms with Crippen molar-refractivity contribution in [3.8, 4) is 5.75 Å². The van der Waals surface area contributed by atoms with Crippen LogP contribution in [0, 0.1) is 6.92 Å². The minimum Gasteiger partial charge on any atom is -0.488 e. The topological polar surface area (TPSA) is 55.6 Å². The van der Waals surface area contributed by atoms with Crippen LogP contribution in [0.2, 0.25) is 0 Å². The Morgan fingerprint density at radius 1 is 1.48 bits per heavy atom. The van der Waals surface area contributed by atoms with E-state index >= 15 is 0 Å². The third kappa shape index (κ3) is 2.72. The van der Waals surface area contributed by atoms with Gasteiger partial charge in [-0.2, -0.15) is 0 Å². The van der Waals surface area contributed by atoms with Gasteiger partial charge in [-0.25, -0.2) is 0 Å². The number of hydrogen-bond donors (Lipinski definition) is 0. The van der Waals surface area contributed by atoms with Crippen molar-refractivity contribution in [3.63, 3.8) is 0 Å². The summed E-state index contributed by atoms with van der Waals surface area (Å²) in [6.07, 6.45) is 6.20. The molecule has 0 N–H and O–H groups in total. The first-order chi connectivity index (χ1) is 11.2. The fraction of sp³-hybridized carbons (Fsp3) is 0.412. The van der Waals surface area contributed by atoms with Crippen LogP contribution in [0.3, 0.4) is 0 Å². The summed E-state index contributed by atoms with van der Waals surface area (Å²) < 4.78 is 11.4. The number of furan rings is 1. The number of nitrogens with zero attached hydrogens (tertiary/aromatic N) is 2. The molecule has 120 valence electrons. The van der Waals surface area contributed by atoms with Gasteiger partial charge in [-0.1, -0.05) is 0 Å². The minimum absolute atomic E-state index is 0.00430. The summed E-state index contributed by atoms with van der Waals surface area (Å²) in [5, 5.41) is 0. The first-order valence-electron chi connectivity index (χ1n) is 7.69. The highest BCUT2D eigenvalue weighted by molar-refractivity contribution is 8.01. The molecular formula is C17H18N2O3S. The molecule has 0 radical (unpaired) electrons. The molecule has 2 aliphatic heterocycles. The molecule has 0 aromatic carbocycles. The maximum Gasteiger partial charge on any atom is 0.289 e. The maximum atomic E-state index is 12.4. The van der Waals surface area contributed by atoms with Crippen LogP contribution in [0.1, 0.15) is 22.5 Å². The Balaban J connectivity index is 1.35. The number of carbonyl (C=O) groups excluding carboxylic acids is 1. The molecule has 2 aliphatic rings. The Bertz CT molecular complexity index is 710. The normalized spacial score (nSPS) is 22.1. The zero-order valence-electron chi connectivity index (χ0n) is 12.9. The van der Waals surface area contributed by atoms with E-state index in [0.717, 1.165) is 36.6 Å². The lowest BCUT2D eigenvalue weighted by atomic mass is 9.92. The van der Waals surface area contributed by atoms with Crippen LogP contribution in [0.5, 0.6) is 5.75 Å². The number of ether oxygens (including phenoxy) is 1. The Labute approximate surface area is 139 Å². The largest absolute Gasteiger partial charge is 0.488 e. The van der Waals surface area contributed by atoms with Gasteiger partial charge < -0.3 is 14.1 Å². The van der Waals surface area contributed by atoms with Gasteiger partial charge in [0.15, 0.2) is 5.76 Å². The number of thioether (sulfide) groups is 1. The lowest BCUT2D eigenvalue weighted by Gasteiger charge is -2.47. The van der Waals surface area contributed by atoms with Crippen molar-refractivity contribution in [2.24, 2.45) is 0 Å². The second kappa shape index (κ2) is 5.60. The van der Waals surface area contributed by atoms with Crippen LogP contribution >= 0.6 is 11.8 Å². The highest BCUT2D eigenvalue weighted by atomic mass is 32.2. The van der Waals surface area contributed by atoms with Gasteiger partial charge in [0.05, 0.1) is 17.2 Å². The fourth-order valence-corrected chi connectivity index (χ4v) is 4.76. The number of likely N-dealkylation sites (tertiary alicyclic amines) is 1. The molecule has 1 atom stereocenters. The molecule has 6 heteroatoms. The summed E-state index contributed by atoms with van der Waals surface area (Å²) in [4.78, 5) is 18.3. The Morgan fingerprint density at radius 3 is 3.04 bits per heavy atom. The molecule has 4 heterocycles. The van der Waals surface area contributed by atoms with Crippen molar-refractivity contribution in [2.75, 3.05) is 18.8 Å². The van der Waals surface area contributed by atoms with Crippen molar-refractivity contribution >= 4 is 17.7 Å². The molecular weight excluding hydrogens is 312 g/mol. The van der Waals surface area contributed by atoms with Crippen LogP contribution in [0.25, 0.3) is 0 Å². The van der Waals surface area contributed by atoms with Crippen molar-refractivity contribution in [1.82, 2.24) is 9.88 Å². The van der Waals surface area contributed by atoms with E-state index in [1.165, 1.54) is 0 Å². The third-order valence-corrected chi connectivity index (χ3v) is 5.99. The van der Waals surface area contributed by atoms with Gasteiger partial charge in [0.1, 0.15) is 11.9 Å². The number of aromatic nitrogens is 1. The van der Waals surface area contributed by atoms with Crippen molar-refractivity contribution in [2.45, 2.75) is 24.2 Å². The summed E-state index contributed by atoms with van der Waals surface area (Å²) in [6, 6.07) is 5.63. The van der Waals surface area contributed by atoms with Crippen LogP contribution in [-0.2, 0) is 0 Å². The summed E-state index contributed by atoms with van der Waals surface area (Å²) in [7, 11) is 0. The van der Waals surface area contributed by atoms with Crippen molar-refractivity contribution in [3.05, 3.63) is 48.2 Å². The van der Waals surface area contributed by atoms with E-state index in [4.69, 9.17) is 9.15 Å². The average molecular weight is 330 g/mol. The van der Waals surface area contributed by atoms with E-state index in [9.17, 15) is 4.79 Å². The average Bonchev–Trinajstić information content (AvgIpc) is 3.13. The van der Waals surface area contributed by atoms with E-state index in [-0.39, 0.29) is 16.8 Å². The molecule has 0 bridgehead atoms. The van der Waals surface area contributed by atoms with Gasteiger partial charge >= 0.3 is 0 Å². The molecule has 2 aromatic rings. The summed E-state index contributed by atoms with van der Waals surface area (Å²) in [5.41, 5.74) is 0.896. The molecule has 2 fully saturated rings. The van der Waals surface area contributed by atoms with Gasteiger partial charge in [0, 0.05) is 37.0 Å². The molecule has 1 amide bonds. The van der Waals surface area contributed by atoms with E-state index in [2.05, 4.69) is 4.98 Å². The van der Waals surface area contributed by atoms with Crippen LogP contribution in [-0.4, -0.2) is 45.5 Å². The lowest BCUT2D eigenvalue weighted by molar-refractivity contribution is 0.0486. The molecule has 1 spiro atoms. The second-order valence-electron chi connectivity index (χ2n) is 6.22. The molecule has 4 rings (SSSR count). The number of aryl methyl sites for hydroxylation is 1. The summed E-state index contributed by atoms with van der Waals surface area (Å²) in [5.74, 6) is 2.23. The molecule has 23 heavy (non-hydrogen) atoms. The van der Waals surface area contributed by atoms with Gasteiger partial charge in [-0.3, -0.25) is 9.78 Å². The van der Waals surface area contributed by atoms with E-state index in [0.29, 0.717) is 5.76 Å². The smallest absolute Gasteiger partial charge is 0.289 e. The highest BCUT2D eigenvalue weighted by Crippen LogP contribution is 2.46. The zero-order chi connectivity index (χ0) is 15.9. The van der Waals surface area contributed by atoms with Gasteiger partial charge in [-0.15, -0.1) is 11.8 Å². The van der Waals surface area contributed by atoms with Gasteiger partial charge in [0.2, 0.25) is 0 Å². The number of hydrogen-bond acceptors (Lipinski definition) is 5. The standard InChI is InChI=1S/C17H18N2O3S/c1-12-4-6-21-15(12)16(20)19-10-17(11-19)7-14(9-23-17)22-13-3-2-5-18-8-13/h2-6,8,14H,7,9-11H2,1H3/t14-/m1/s1. The van der Waals surface area contributed by atoms with E-state index in [1.54, 1.807) is 18.7 Å². The van der Waals surface area contributed by atoms with Gasteiger partial charge in [0.25, 0.3) is 5.91 Å². The molecule has 0 saturated carbocycles. The predicted octanol–water partition coefficient (Wildman–Crippen LogP) is 2.76. The molecule has 2 aromatic heterocycles. The zero-order valence-corrected chi connectivity index (χ0v) is 13.7. The van der Waals surface area contributed by atoms with Crippen molar-refractivity contribution in [1.29, 1.82) is 0 Å². The van der Waals surface area contributed by atoms with Crippen molar-refractivity contribution < 1.29 is 13.9 Å². The first kappa shape index (κ1) is 14.6. The minimum atomic E-state index is -0.00430. The lowest BCUT2D eigenvalue weighted by Crippen LogP contribution is -2.60. The van der Waals surface area contributed by atoms with E-state index in [1.807, 2.05) is 41.8 Å². The monoisotopic (exact) mass is 330 g/mol. The molecule has 5 nitrogen and oxygen atoms in total. The first-order valence-corrected chi connectivity index (χ1v) is 8.68. The number of carbonyl (C=O) groups is 1. The van der Waals surface area contributed by atoms with Crippen LogP contribution in [0.15, 0.2) is 41.3 Å². The number of rotatable bonds is 3. The molecule has 0 unspecified atom stereocenters. The predicted molar refractivity (Wildman–Crippen MR) is 87.8 cm³/mol. The highest BCUT2D eigenvalue weighted by Gasteiger charge is 2.51. The Kier molecular flexibility index (Phi) is 3.56. The summed E-state index contributed by atoms with van der Waals surface area (Å²) in [6.45, 7) is 3.43. The molecule has 2 saturated heterocycles. The van der Waals surface area contributed by atoms with E-state index < -0.39 is 0 Å². The fourth-order valence-electron chi connectivity index (χ4n) is 3.24. The number of pyridine rings is 1.